The maximum atomic E-state index is 12.2. The lowest BCUT2D eigenvalue weighted by molar-refractivity contribution is -0.386. The molecule has 0 atom stereocenters. The second-order valence-electron chi connectivity index (χ2n) is 2.34. The van der Waals surface area contributed by atoms with E-state index in [-0.39, 0.29) is 6.29 Å². The predicted molar refractivity (Wildman–Crippen MR) is 41.2 cm³/mol. The fourth-order valence-electron chi connectivity index (χ4n) is 0.944. The van der Waals surface area contributed by atoms with Gasteiger partial charge in [0.15, 0.2) is 6.29 Å². The van der Waals surface area contributed by atoms with Crippen LogP contribution in [0.4, 0.5) is 14.5 Å². The fourth-order valence-corrected chi connectivity index (χ4v) is 0.944. The Morgan fingerprint density at radius 2 is 2.14 bits per heavy atom. The molecule has 14 heavy (non-hydrogen) atoms. The van der Waals surface area contributed by atoms with Crippen molar-refractivity contribution in [1.29, 1.82) is 0 Å². The first-order valence-electron chi connectivity index (χ1n) is 3.43. The Kier molecular flexibility index (Phi) is 2.80. The molecule has 1 aromatic heterocycles. The molecule has 0 unspecified atom stereocenters. The Hall–Kier alpha value is -1.92. The van der Waals surface area contributed by atoms with E-state index in [2.05, 4.69) is 4.98 Å². The highest BCUT2D eigenvalue weighted by Gasteiger charge is 2.25. The summed E-state index contributed by atoms with van der Waals surface area (Å²) in [6.45, 7) is 0. The number of aromatic nitrogens is 1. The summed E-state index contributed by atoms with van der Waals surface area (Å²) >= 11 is 0. The van der Waals surface area contributed by atoms with Crippen molar-refractivity contribution < 1.29 is 18.5 Å². The van der Waals surface area contributed by atoms with Crippen molar-refractivity contribution in [2.75, 3.05) is 0 Å². The molecule has 0 N–H and O–H groups in total. The van der Waals surface area contributed by atoms with E-state index in [0.717, 1.165) is 6.20 Å². The fraction of sp³-hybridized carbons (Fsp3) is 0.143. The first kappa shape index (κ1) is 10.2. The Bertz CT molecular complexity index is 381. The van der Waals surface area contributed by atoms with Crippen LogP contribution in [-0.4, -0.2) is 16.2 Å². The third kappa shape index (κ3) is 1.70. The van der Waals surface area contributed by atoms with Crippen LogP contribution in [0.1, 0.15) is 22.3 Å². The largest absolute Gasteiger partial charge is 0.298 e. The number of carbonyl (C=O) groups is 1. The summed E-state index contributed by atoms with van der Waals surface area (Å²) in [5.41, 5.74) is -2.18. The average Bonchev–Trinajstić information content (AvgIpc) is 2.16. The van der Waals surface area contributed by atoms with Crippen LogP contribution >= 0.6 is 0 Å². The van der Waals surface area contributed by atoms with Gasteiger partial charge in [-0.3, -0.25) is 19.9 Å². The van der Waals surface area contributed by atoms with Gasteiger partial charge in [0.1, 0.15) is 11.1 Å². The van der Waals surface area contributed by atoms with Crippen LogP contribution in [0.2, 0.25) is 0 Å². The molecule has 74 valence electrons. The molecule has 7 heteroatoms. The van der Waals surface area contributed by atoms with Gasteiger partial charge in [-0.05, 0) is 0 Å². The van der Waals surface area contributed by atoms with Gasteiger partial charge in [0.25, 0.3) is 12.1 Å². The first-order valence-corrected chi connectivity index (χ1v) is 3.43. The second-order valence-corrected chi connectivity index (χ2v) is 2.34. The van der Waals surface area contributed by atoms with Gasteiger partial charge < -0.3 is 0 Å². The smallest absolute Gasteiger partial charge is 0.291 e. The molecule has 0 bridgehead atoms. The molecule has 0 radical (unpaired) electrons. The topological polar surface area (TPSA) is 73.1 Å². The number of carbonyl (C=O) groups excluding carboxylic acids is 1. The molecule has 0 amide bonds. The Labute approximate surface area is 76.5 Å². The summed E-state index contributed by atoms with van der Waals surface area (Å²) in [6.07, 6.45) is -1.35. The molecule has 0 spiro atoms. The zero-order valence-electron chi connectivity index (χ0n) is 6.68. The lowest BCUT2D eigenvalue weighted by Crippen LogP contribution is -2.01. The predicted octanol–water partition coefficient (Wildman–Crippen LogP) is 1.74. The summed E-state index contributed by atoms with van der Waals surface area (Å²) in [5, 5.41) is 10.4. The Balaban J connectivity index is 3.43. The molecule has 0 aliphatic heterocycles. The van der Waals surface area contributed by atoms with Crippen molar-refractivity contribution in [3.8, 4) is 0 Å². The Morgan fingerprint density at radius 3 is 2.57 bits per heavy atom. The minimum Gasteiger partial charge on any atom is -0.298 e. The highest BCUT2D eigenvalue weighted by molar-refractivity contribution is 5.81. The third-order valence-corrected chi connectivity index (χ3v) is 1.52. The molecule has 0 fully saturated rings. The minimum atomic E-state index is -3.03. The molecule has 1 heterocycles. The molecule has 1 aromatic rings. The van der Waals surface area contributed by atoms with Crippen molar-refractivity contribution in [1.82, 2.24) is 4.98 Å². The average molecular weight is 202 g/mol. The summed E-state index contributed by atoms with van der Waals surface area (Å²) in [5.74, 6) is 0. The van der Waals surface area contributed by atoms with Crippen LogP contribution in [0.25, 0.3) is 0 Å². The van der Waals surface area contributed by atoms with E-state index in [4.69, 9.17) is 0 Å². The second kappa shape index (κ2) is 3.86. The van der Waals surface area contributed by atoms with Crippen molar-refractivity contribution >= 4 is 12.0 Å². The number of hydrogen-bond acceptors (Lipinski definition) is 4. The monoisotopic (exact) mass is 202 g/mol. The first-order chi connectivity index (χ1) is 6.57. The molecule has 0 saturated carbocycles. The molecule has 0 aromatic carbocycles. The van der Waals surface area contributed by atoms with E-state index in [0.29, 0.717) is 6.20 Å². The van der Waals surface area contributed by atoms with Crippen LogP contribution in [0.5, 0.6) is 0 Å². The number of alkyl halides is 2. The molecular formula is C7H4F2N2O3. The molecule has 0 aliphatic rings. The quantitative estimate of drug-likeness (QED) is 0.425. The number of aldehydes is 1. The van der Waals surface area contributed by atoms with Crippen molar-refractivity contribution in [2.24, 2.45) is 0 Å². The SMILES string of the molecule is O=Cc1cncc(C(F)F)c1[N+](=O)[O-]. The van der Waals surface area contributed by atoms with Crippen LogP contribution in [-0.2, 0) is 0 Å². The number of pyridine rings is 1. The standard InChI is InChI=1S/C7H4F2N2O3/c8-7(9)5-2-10-1-4(3-12)6(5)11(13)14/h1-3,7H. The normalized spacial score (nSPS) is 10.2. The molecular weight excluding hydrogens is 198 g/mol. The summed E-state index contributed by atoms with van der Waals surface area (Å²) in [4.78, 5) is 23.0. The van der Waals surface area contributed by atoms with Gasteiger partial charge in [-0.2, -0.15) is 0 Å². The zero-order chi connectivity index (χ0) is 10.7. The van der Waals surface area contributed by atoms with E-state index in [1.165, 1.54) is 0 Å². The van der Waals surface area contributed by atoms with Crippen molar-refractivity contribution in [2.45, 2.75) is 6.43 Å². The van der Waals surface area contributed by atoms with Gasteiger partial charge in [-0.15, -0.1) is 0 Å². The lowest BCUT2D eigenvalue weighted by atomic mass is 10.1. The van der Waals surface area contributed by atoms with Crippen LogP contribution in [0.3, 0.4) is 0 Å². The number of hydrogen-bond donors (Lipinski definition) is 0. The zero-order valence-corrected chi connectivity index (χ0v) is 6.68. The van der Waals surface area contributed by atoms with Gasteiger partial charge >= 0.3 is 0 Å². The van der Waals surface area contributed by atoms with E-state index in [9.17, 15) is 23.7 Å². The van der Waals surface area contributed by atoms with Gasteiger partial charge in [-0.1, -0.05) is 0 Å². The number of halogens is 2. The maximum Gasteiger partial charge on any atom is 0.291 e. The van der Waals surface area contributed by atoms with Crippen LogP contribution in [0.15, 0.2) is 12.4 Å². The van der Waals surface area contributed by atoms with Crippen LogP contribution < -0.4 is 0 Å². The van der Waals surface area contributed by atoms with Crippen molar-refractivity contribution in [3.05, 3.63) is 33.6 Å². The summed E-state index contributed by atoms with van der Waals surface area (Å²) in [6, 6.07) is 0. The number of rotatable bonds is 3. The Morgan fingerprint density at radius 1 is 1.50 bits per heavy atom. The van der Waals surface area contributed by atoms with Crippen molar-refractivity contribution in [3.63, 3.8) is 0 Å². The number of nitro groups is 1. The maximum absolute atomic E-state index is 12.2. The van der Waals surface area contributed by atoms with E-state index in [1.54, 1.807) is 0 Å². The van der Waals surface area contributed by atoms with E-state index in [1.807, 2.05) is 0 Å². The highest BCUT2D eigenvalue weighted by Crippen LogP contribution is 2.29. The van der Waals surface area contributed by atoms with Gasteiger partial charge in [0.2, 0.25) is 0 Å². The van der Waals surface area contributed by atoms with Gasteiger partial charge in [-0.25, -0.2) is 8.78 Å². The van der Waals surface area contributed by atoms with E-state index < -0.39 is 28.2 Å². The van der Waals surface area contributed by atoms with Gasteiger partial charge in [0.05, 0.1) is 4.92 Å². The molecule has 0 saturated heterocycles. The summed E-state index contributed by atoms with van der Waals surface area (Å²) < 4.78 is 24.5. The lowest BCUT2D eigenvalue weighted by Gasteiger charge is -2.01. The minimum absolute atomic E-state index is 0.122. The van der Waals surface area contributed by atoms with Gasteiger partial charge in [0, 0.05) is 12.4 Å². The highest BCUT2D eigenvalue weighted by atomic mass is 19.3. The third-order valence-electron chi connectivity index (χ3n) is 1.52. The molecule has 1 rings (SSSR count). The number of nitrogens with zero attached hydrogens (tertiary/aromatic N) is 2. The van der Waals surface area contributed by atoms with Crippen LogP contribution in [0, 0.1) is 10.1 Å². The molecule has 0 aliphatic carbocycles. The molecule has 5 nitrogen and oxygen atoms in total. The van der Waals surface area contributed by atoms with E-state index >= 15 is 0 Å². The summed E-state index contributed by atoms with van der Waals surface area (Å²) in [7, 11) is 0.